The van der Waals surface area contributed by atoms with Crippen LogP contribution in [0.1, 0.15) is 25.6 Å². The normalized spacial score (nSPS) is 15.2. The Morgan fingerprint density at radius 1 is 1.17 bits per heavy atom. The Balaban J connectivity index is 1.98. The van der Waals surface area contributed by atoms with Crippen molar-refractivity contribution < 1.29 is 9.53 Å². The van der Waals surface area contributed by atoms with Crippen LogP contribution in [0.4, 0.5) is 5.69 Å². The van der Waals surface area contributed by atoms with Gasteiger partial charge in [0.05, 0.1) is 15.7 Å². The van der Waals surface area contributed by atoms with E-state index in [0.717, 1.165) is 5.75 Å². The lowest BCUT2D eigenvalue weighted by molar-refractivity contribution is -0.118. The van der Waals surface area contributed by atoms with Crippen LogP contribution in [0.3, 0.4) is 0 Å². The number of para-hydroxylation sites is 1. The van der Waals surface area contributed by atoms with Gasteiger partial charge in [-0.15, -0.1) is 10.2 Å². The van der Waals surface area contributed by atoms with Crippen molar-refractivity contribution in [2.24, 2.45) is 0 Å². The van der Waals surface area contributed by atoms with Crippen molar-refractivity contribution in [3.05, 3.63) is 58.1 Å². The molecular weight excluding hydrogens is 431 g/mol. The fraction of sp³-hybridized carbons (Fsp3) is 0.200. The summed E-state index contributed by atoms with van der Waals surface area (Å²) in [5, 5.41) is 9.72. The lowest BCUT2D eigenvalue weighted by Gasteiger charge is -2.30. The number of carbonyl (C=O) groups is 1. The predicted molar refractivity (Wildman–Crippen MR) is 115 cm³/mol. The molecule has 0 fully saturated rings. The van der Waals surface area contributed by atoms with Gasteiger partial charge in [0.2, 0.25) is 23.2 Å². The van der Waals surface area contributed by atoms with E-state index in [2.05, 4.69) is 15.2 Å². The third-order valence-corrected chi connectivity index (χ3v) is 5.93. The minimum atomic E-state index is -0.864. The monoisotopic (exact) mass is 446 g/mol. The summed E-state index contributed by atoms with van der Waals surface area (Å²) in [7, 11) is 0. The number of hydrogen-bond donors (Lipinski definition) is 0. The highest BCUT2D eigenvalue weighted by molar-refractivity contribution is 7.99. The van der Waals surface area contributed by atoms with Gasteiger partial charge in [0, 0.05) is 18.1 Å². The zero-order valence-electron chi connectivity index (χ0n) is 15.6. The first-order valence-electron chi connectivity index (χ1n) is 8.88. The molecule has 0 saturated carbocycles. The number of aromatic nitrogens is 3. The smallest absolute Gasteiger partial charge is 0.247 e. The Bertz CT molecular complexity index is 1100. The van der Waals surface area contributed by atoms with Gasteiger partial charge in [-0.2, -0.15) is 4.98 Å². The van der Waals surface area contributed by atoms with Crippen molar-refractivity contribution in [2.75, 3.05) is 10.7 Å². The molecule has 0 N–H and O–H groups in total. The van der Waals surface area contributed by atoms with Crippen LogP contribution < -0.4 is 9.64 Å². The molecule has 1 unspecified atom stereocenters. The quantitative estimate of drug-likeness (QED) is 0.501. The second-order valence-corrected chi connectivity index (χ2v) is 8.22. The van der Waals surface area contributed by atoms with Gasteiger partial charge in [0.25, 0.3) is 0 Å². The molecule has 9 heteroatoms. The van der Waals surface area contributed by atoms with E-state index >= 15 is 0 Å². The summed E-state index contributed by atoms with van der Waals surface area (Å²) in [6.45, 7) is 3.47. The van der Waals surface area contributed by atoms with Crippen molar-refractivity contribution in [2.45, 2.75) is 25.2 Å². The maximum Gasteiger partial charge on any atom is 0.247 e. The van der Waals surface area contributed by atoms with Crippen molar-refractivity contribution in [3.63, 3.8) is 0 Å². The Morgan fingerprint density at radius 2 is 1.97 bits per heavy atom. The Kier molecular flexibility index (Phi) is 5.63. The van der Waals surface area contributed by atoms with Gasteiger partial charge < -0.3 is 4.74 Å². The number of nitrogens with zero attached hydrogens (tertiary/aromatic N) is 4. The third-order valence-electron chi connectivity index (χ3n) is 4.37. The zero-order valence-corrected chi connectivity index (χ0v) is 17.9. The maximum absolute atomic E-state index is 12.7. The van der Waals surface area contributed by atoms with E-state index in [4.69, 9.17) is 27.9 Å². The molecule has 148 valence electrons. The Labute approximate surface area is 182 Å². The average Bonchev–Trinajstić information content (AvgIpc) is 2.84. The summed E-state index contributed by atoms with van der Waals surface area (Å²) < 4.78 is 6.26. The largest absolute Gasteiger partial charge is 0.447 e. The van der Waals surface area contributed by atoms with Gasteiger partial charge in [0.15, 0.2) is 5.69 Å². The van der Waals surface area contributed by atoms with Gasteiger partial charge in [-0.25, -0.2) is 0 Å². The topological polar surface area (TPSA) is 68.2 Å². The average molecular weight is 447 g/mol. The summed E-state index contributed by atoms with van der Waals surface area (Å²) in [6, 6.07) is 12.6. The first-order valence-corrected chi connectivity index (χ1v) is 10.6. The molecule has 0 saturated heterocycles. The summed E-state index contributed by atoms with van der Waals surface area (Å²) in [4.78, 5) is 18.8. The van der Waals surface area contributed by atoms with Crippen LogP contribution >= 0.6 is 35.0 Å². The highest BCUT2D eigenvalue weighted by Gasteiger charge is 2.35. The van der Waals surface area contributed by atoms with E-state index in [0.29, 0.717) is 37.7 Å². The van der Waals surface area contributed by atoms with E-state index in [9.17, 15) is 4.79 Å². The molecule has 1 aliphatic heterocycles. The summed E-state index contributed by atoms with van der Waals surface area (Å²) >= 11 is 14.2. The summed E-state index contributed by atoms with van der Waals surface area (Å²) in [5.74, 6) is 0.857. The van der Waals surface area contributed by atoms with Gasteiger partial charge in [0.1, 0.15) is 0 Å². The highest BCUT2D eigenvalue weighted by atomic mass is 35.5. The van der Waals surface area contributed by atoms with Crippen LogP contribution in [0.2, 0.25) is 10.0 Å². The number of thioether (sulfide) groups is 1. The van der Waals surface area contributed by atoms with Crippen LogP contribution in [-0.4, -0.2) is 26.8 Å². The highest BCUT2D eigenvalue weighted by Crippen LogP contribution is 2.45. The molecule has 29 heavy (non-hydrogen) atoms. The second-order valence-electron chi connectivity index (χ2n) is 6.20. The lowest BCUT2D eigenvalue weighted by atomic mass is 10.1. The van der Waals surface area contributed by atoms with Crippen LogP contribution in [0.25, 0.3) is 11.3 Å². The van der Waals surface area contributed by atoms with Gasteiger partial charge in [-0.3, -0.25) is 9.69 Å². The number of rotatable bonds is 3. The van der Waals surface area contributed by atoms with Crippen molar-refractivity contribution in [3.8, 4) is 17.1 Å². The predicted octanol–water partition coefficient (Wildman–Crippen LogP) is 5.40. The van der Waals surface area contributed by atoms with E-state index in [1.807, 2.05) is 31.2 Å². The Hall–Kier alpha value is -2.35. The third kappa shape index (κ3) is 3.66. The van der Waals surface area contributed by atoms with Gasteiger partial charge in [-0.05, 0) is 17.9 Å². The standard InChI is InChI=1S/C20H16Cl2N4O2S/c1-3-29-20-23-18-17(24-25-20)12-7-4-5-10-15(12)26(11(2)27)19(28-18)13-8-6-9-14(21)16(13)22/h4-10,19H,3H2,1-2H3. The van der Waals surface area contributed by atoms with Crippen LogP contribution in [0, 0.1) is 0 Å². The number of amides is 1. The molecule has 1 aromatic heterocycles. The molecule has 3 aromatic rings. The van der Waals surface area contributed by atoms with Crippen LogP contribution in [0.15, 0.2) is 47.6 Å². The molecule has 0 bridgehead atoms. The fourth-order valence-corrected chi connectivity index (χ4v) is 4.06. The first-order chi connectivity index (χ1) is 14.0. The number of carbonyl (C=O) groups excluding carboxylic acids is 1. The zero-order chi connectivity index (χ0) is 20.5. The molecule has 2 heterocycles. The Morgan fingerprint density at radius 3 is 2.72 bits per heavy atom. The molecule has 6 nitrogen and oxygen atoms in total. The summed E-state index contributed by atoms with van der Waals surface area (Å²) in [5.41, 5.74) is 2.35. The van der Waals surface area contributed by atoms with E-state index < -0.39 is 6.23 Å². The number of anilines is 1. The van der Waals surface area contributed by atoms with Crippen LogP contribution in [0.5, 0.6) is 5.88 Å². The van der Waals surface area contributed by atoms with Crippen LogP contribution in [-0.2, 0) is 4.79 Å². The molecule has 1 aliphatic rings. The van der Waals surface area contributed by atoms with Crippen molar-refractivity contribution in [1.29, 1.82) is 0 Å². The van der Waals surface area contributed by atoms with E-state index in [1.54, 1.807) is 18.2 Å². The number of ether oxygens (including phenoxy) is 1. The lowest BCUT2D eigenvalue weighted by Crippen LogP contribution is -2.36. The molecule has 0 aliphatic carbocycles. The minimum Gasteiger partial charge on any atom is -0.447 e. The van der Waals surface area contributed by atoms with Crippen molar-refractivity contribution >= 4 is 46.6 Å². The molecule has 0 radical (unpaired) electrons. The number of benzene rings is 2. The fourth-order valence-electron chi connectivity index (χ4n) is 3.16. The summed E-state index contributed by atoms with van der Waals surface area (Å²) in [6.07, 6.45) is -0.864. The number of halogens is 2. The SMILES string of the molecule is CCSc1nnc2c(n1)OC(c1cccc(Cl)c1Cl)N(C(C)=O)c1ccccc1-2. The minimum absolute atomic E-state index is 0.220. The van der Waals surface area contributed by atoms with Gasteiger partial charge >= 0.3 is 0 Å². The second kappa shape index (κ2) is 8.18. The first kappa shape index (κ1) is 19.9. The van der Waals surface area contributed by atoms with E-state index in [-0.39, 0.29) is 11.8 Å². The molecule has 1 amide bonds. The molecule has 2 aromatic carbocycles. The number of hydrogen-bond acceptors (Lipinski definition) is 6. The van der Waals surface area contributed by atoms with E-state index in [1.165, 1.54) is 23.6 Å². The number of fused-ring (bicyclic) bond motifs is 3. The van der Waals surface area contributed by atoms with Gasteiger partial charge in [-0.1, -0.05) is 72.2 Å². The van der Waals surface area contributed by atoms with Crippen molar-refractivity contribution in [1.82, 2.24) is 15.2 Å². The molecule has 1 atom stereocenters. The molecule has 4 rings (SSSR count). The molecule has 0 spiro atoms. The maximum atomic E-state index is 12.7. The molecular formula is C20H16Cl2N4O2S.